The lowest BCUT2D eigenvalue weighted by molar-refractivity contribution is -0.129. The summed E-state index contributed by atoms with van der Waals surface area (Å²) in [7, 11) is -4.72. The van der Waals surface area contributed by atoms with Crippen LogP contribution >= 0.6 is 0 Å². The third-order valence-electron chi connectivity index (χ3n) is 3.78. The predicted molar refractivity (Wildman–Crippen MR) is 76.4 cm³/mol. The molecule has 9 heteroatoms. The van der Waals surface area contributed by atoms with Crippen LogP contribution in [0.5, 0.6) is 0 Å². The first-order valence-electron chi connectivity index (χ1n) is 7.18. The second kappa shape index (κ2) is 5.68. The maximum Gasteiger partial charge on any atom is 0.410 e. The van der Waals surface area contributed by atoms with Gasteiger partial charge in [0.15, 0.2) is 0 Å². The molecule has 0 N–H and O–H groups in total. The van der Waals surface area contributed by atoms with E-state index in [1.165, 1.54) is 9.80 Å². The Balaban J connectivity index is 1.96. The first-order valence-corrected chi connectivity index (χ1v) is 8.63. The predicted octanol–water partition coefficient (Wildman–Crippen LogP) is 0.896. The summed E-state index contributed by atoms with van der Waals surface area (Å²) in [6.45, 7) is 5.85. The van der Waals surface area contributed by atoms with Crippen molar-refractivity contribution in [2.75, 3.05) is 19.6 Å². The number of hydrogen-bond donors (Lipinski definition) is 0. The van der Waals surface area contributed by atoms with Gasteiger partial charge >= 0.3 is 16.3 Å². The van der Waals surface area contributed by atoms with Gasteiger partial charge in [0, 0.05) is 26.1 Å². The number of ether oxygens (including phenoxy) is 1. The van der Waals surface area contributed by atoms with Crippen LogP contribution in [0, 0.1) is 0 Å². The largest absolute Gasteiger partial charge is 0.444 e. The molecule has 22 heavy (non-hydrogen) atoms. The molecule has 0 saturated carbocycles. The van der Waals surface area contributed by atoms with E-state index in [4.69, 9.17) is 4.74 Å². The molecular formula is C13H21FN2O5S. The lowest BCUT2D eigenvalue weighted by Gasteiger charge is -2.26. The van der Waals surface area contributed by atoms with Crippen molar-refractivity contribution in [2.45, 2.75) is 50.5 Å². The molecule has 0 aromatic carbocycles. The van der Waals surface area contributed by atoms with Gasteiger partial charge in [0.1, 0.15) is 10.9 Å². The minimum Gasteiger partial charge on any atom is -0.444 e. The topological polar surface area (TPSA) is 84.0 Å². The molecule has 0 aromatic rings. The smallest absolute Gasteiger partial charge is 0.410 e. The first-order chi connectivity index (χ1) is 9.97. The van der Waals surface area contributed by atoms with Crippen LogP contribution in [-0.4, -0.2) is 66.7 Å². The Morgan fingerprint density at radius 3 is 2.45 bits per heavy atom. The fourth-order valence-corrected chi connectivity index (χ4v) is 3.41. The Morgan fingerprint density at radius 2 is 1.95 bits per heavy atom. The molecular weight excluding hydrogens is 315 g/mol. The molecule has 2 saturated heterocycles. The first kappa shape index (κ1) is 17.0. The molecule has 2 aliphatic heterocycles. The fraction of sp³-hybridized carbons (Fsp3) is 0.846. The molecule has 0 bridgehead atoms. The third-order valence-corrected chi connectivity index (χ3v) is 4.89. The van der Waals surface area contributed by atoms with Gasteiger partial charge in [0.25, 0.3) is 0 Å². The minimum absolute atomic E-state index is 0.148. The van der Waals surface area contributed by atoms with Crippen molar-refractivity contribution >= 4 is 22.2 Å². The summed E-state index contributed by atoms with van der Waals surface area (Å²) < 4.78 is 40.2. The average Bonchev–Trinajstić information content (AvgIpc) is 2.91. The maximum atomic E-state index is 13.0. The van der Waals surface area contributed by atoms with E-state index >= 15 is 0 Å². The van der Waals surface area contributed by atoms with E-state index in [1.807, 2.05) is 0 Å². The van der Waals surface area contributed by atoms with E-state index in [1.54, 1.807) is 20.8 Å². The van der Waals surface area contributed by atoms with Crippen molar-refractivity contribution in [3.05, 3.63) is 0 Å². The zero-order valence-corrected chi connectivity index (χ0v) is 13.7. The normalized spacial score (nSPS) is 26.6. The summed E-state index contributed by atoms with van der Waals surface area (Å²) in [6, 6.07) is -0.285. The number of rotatable bonds is 2. The standard InChI is InChI=1S/C13H21FN2O5S/c1-13(2,3)21-12(18)15-5-4-9(7-15)16-8-10(6-11(16)17)22(14,19)20/h9-10H,4-8H2,1-3H3. The summed E-state index contributed by atoms with van der Waals surface area (Å²) in [6.07, 6.45) is -0.262. The summed E-state index contributed by atoms with van der Waals surface area (Å²) >= 11 is 0. The van der Waals surface area contributed by atoms with Gasteiger partial charge in [0.05, 0.1) is 6.04 Å². The highest BCUT2D eigenvalue weighted by molar-refractivity contribution is 7.87. The molecule has 0 radical (unpaired) electrons. The van der Waals surface area contributed by atoms with Gasteiger partial charge in [-0.1, -0.05) is 0 Å². The van der Waals surface area contributed by atoms with Gasteiger partial charge in [-0.2, -0.15) is 8.42 Å². The zero-order chi connectivity index (χ0) is 16.7. The number of carbonyl (C=O) groups is 2. The van der Waals surface area contributed by atoms with Crippen molar-refractivity contribution in [3.63, 3.8) is 0 Å². The summed E-state index contributed by atoms with van der Waals surface area (Å²) in [5.41, 5.74) is -0.605. The third kappa shape index (κ3) is 3.88. The van der Waals surface area contributed by atoms with Crippen LogP contribution in [0.25, 0.3) is 0 Å². The van der Waals surface area contributed by atoms with Gasteiger partial charge in [-0.15, -0.1) is 3.89 Å². The van der Waals surface area contributed by atoms with Crippen LogP contribution in [0.1, 0.15) is 33.6 Å². The van der Waals surface area contributed by atoms with Crippen LogP contribution in [0.15, 0.2) is 0 Å². The molecule has 0 aromatic heterocycles. The van der Waals surface area contributed by atoms with E-state index in [2.05, 4.69) is 0 Å². The summed E-state index contributed by atoms with van der Waals surface area (Å²) in [4.78, 5) is 26.7. The molecule has 2 heterocycles. The molecule has 2 atom stereocenters. The SMILES string of the molecule is CC(C)(C)OC(=O)N1CCC(N2CC(S(=O)(=O)F)CC2=O)C1. The van der Waals surface area contributed by atoms with Crippen LogP contribution in [0.4, 0.5) is 8.68 Å². The average molecular weight is 336 g/mol. The second-order valence-corrected chi connectivity index (χ2v) is 8.33. The molecule has 7 nitrogen and oxygen atoms in total. The molecule has 2 amide bonds. The van der Waals surface area contributed by atoms with Crippen LogP contribution < -0.4 is 0 Å². The highest BCUT2D eigenvalue weighted by atomic mass is 32.3. The van der Waals surface area contributed by atoms with E-state index in [-0.39, 0.29) is 31.5 Å². The molecule has 2 aliphatic rings. The van der Waals surface area contributed by atoms with Crippen molar-refractivity contribution < 1.29 is 26.6 Å². The Labute approximate surface area is 129 Å². The van der Waals surface area contributed by atoms with Gasteiger partial charge in [-0.25, -0.2) is 4.79 Å². The van der Waals surface area contributed by atoms with Gasteiger partial charge in [-0.05, 0) is 27.2 Å². The number of likely N-dealkylation sites (tertiary alicyclic amines) is 2. The zero-order valence-electron chi connectivity index (χ0n) is 12.9. The molecule has 0 aliphatic carbocycles. The van der Waals surface area contributed by atoms with E-state index in [0.717, 1.165) is 0 Å². The number of halogens is 1. The number of hydrogen-bond acceptors (Lipinski definition) is 5. The Hall–Kier alpha value is -1.38. The van der Waals surface area contributed by atoms with E-state index in [9.17, 15) is 21.9 Å². The van der Waals surface area contributed by atoms with Crippen molar-refractivity contribution in [1.82, 2.24) is 9.80 Å². The van der Waals surface area contributed by atoms with Gasteiger partial charge < -0.3 is 14.5 Å². The molecule has 2 rings (SSSR count). The maximum absolute atomic E-state index is 13.0. The van der Waals surface area contributed by atoms with E-state index < -0.39 is 27.2 Å². The number of nitrogens with zero attached hydrogens (tertiary/aromatic N) is 2. The van der Waals surface area contributed by atoms with Gasteiger partial charge in [-0.3, -0.25) is 4.79 Å². The molecule has 0 spiro atoms. The highest BCUT2D eigenvalue weighted by Gasteiger charge is 2.43. The van der Waals surface area contributed by atoms with Gasteiger partial charge in [0.2, 0.25) is 5.91 Å². The second-order valence-electron chi connectivity index (χ2n) is 6.72. The minimum atomic E-state index is -4.72. The van der Waals surface area contributed by atoms with Crippen LogP contribution in [0.2, 0.25) is 0 Å². The van der Waals surface area contributed by atoms with Crippen LogP contribution in [-0.2, 0) is 19.8 Å². The lowest BCUT2D eigenvalue weighted by atomic mass is 10.2. The van der Waals surface area contributed by atoms with E-state index in [0.29, 0.717) is 13.0 Å². The van der Waals surface area contributed by atoms with Crippen molar-refractivity contribution in [1.29, 1.82) is 0 Å². The number of carbonyl (C=O) groups excluding carboxylic acids is 2. The Kier molecular flexibility index (Phi) is 4.38. The van der Waals surface area contributed by atoms with Crippen molar-refractivity contribution in [3.8, 4) is 0 Å². The van der Waals surface area contributed by atoms with Crippen LogP contribution in [0.3, 0.4) is 0 Å². The highest BCUT2D eigenvalue weighted by Crippen LogP contribution is 2.26. The quantitative estimate of drug-likeness (QED) is 0.700. The molecule has 2 fully saturated rings. The monoisotopic (exact) mass is 336 g/mol. The lowest BCUT2D eigenvalue weighted by Crippen LogP contribution is -2.41. The number of amides is 2. The fourth-order valence-electron chi connectivity index (χ4n) is 2.73. The molecule has 2 unspecified atom stereocenters. The van der Waals surface area contributed by atoms with Crippen molar-refractivity contribution in [2.24, 2.45) is 0 Å². The Morgan fingerprint density at radius 1 is 1.32 bits per heavy atom. The summed E-state index contributed by atoms with van der Waals surface area (Å²) in [5, 5.41) is -1.30. The Bertz CT molecular complexity index is 571. The molecule has 126 valence electrons. The summed E-state index contributed by atoms with van der Waals surface area (Å²) in [5.74, 6) is -0.387.